The lowest BCUT2D eigenvalue weighted by Crippen LogP contribution is -2.48. The van der Waals surface area contributed by atoms with Gasteiger partial charge in [0, 0.05) is 12.1 Å². The molecule has 4 heteroatoms. The number of carbonyl (C=O) groups excluding carboxylic acids is 2. The zero-order valence-corrected chi connectivity index (χ0v) is 13.0. The fraction of sp³-hybridized carbons (Fsp3) is 0.529. The van der Waals surface area contributed by atoms with E-state index in [2.05, 4.69) is 0 Å². The first-order valence-corrected chi connectivity index (χ1v) is 7.60. The van der Waals surface area contributed by atoms with Crippen molar-refractivity contribution in [2.75, 3.05) is 13.2 Å². The van der Waals surface area contributed by atoms with Gasteiger partial charge in [0.25, 0.3) is 5.91 Å². The number of nitrogens with zero attached hydrogens (tertiary/aromatic N) is 1. The Balaban J connectivity index is 2.26. The molecule has 1 aliphatic rings. The van der Waals surface area contributed by atoms with Crippen molar-refractivity contribution in [3.8, 4) is 0 Å². The second-order valence-electron chi connectivity index (χ2n) is 5.51. The molecule has 21 heavy (non-hydrogen) atoms. The number of carbonyl (C=O) groups is 2. The molecule has 1 unspecified atom stereocenters. The van der Waals surface area contributed by atoms with Gasteiger partial charge < -0.3 is 9.64 Å². The van der Waals surface area contributed by atoms with Crippen LogP contribution >= 0.6 is 0 Å². The van der Waals surface area contributed by atoms with Gasteiger partial charge in [-0.2, -0.15) is 0 Å². The first-order valence-electron chi connectivity index (χ1n) is 7.60. The summed E-state index contributed by atoms with van der Waals surface area (Å²) >= 11 is 0. The van der Waals surface area contributed by atoms with Crippen LogP contribution < -0.4 is 0 Å². The summed E-state index contributed by atoms with van der Waals surface area (Å²) in [5, 5.41) is 0. The number of aryl methyl sites for hydroxylation is 1. The Kier molecular flexibility index (Phi) is 4.99. The van der Waals surface area contributed by atoms with E-state index in [1.54, 1.807) is 11.8 Å². The van der Waals surface area contributed by atoms with Crippen molar-refractivity contribution >= 4 is 11.9 Å². The third kappa shape index (κ3) is 3.26. The van der Waals surface area contributed by atoms with E-state index in [0.29, 0.717) is 25.1 Å². The predicted molar refractivity (Wildman–Crippen MR) is 81.2 cm³/mol. The second kappa shape index (κ2) is 6.74. The van der Waals surface area contributed by atoms with Gasteiger partial charge in [0.05, 0.1) is 6.61 Å². The zero-order valence-electron chi connectivity index (χ0n) is 13.0. The van der Waals surface area contributed by atoms with Crippen LogP contribution in [0.5, 0.6) is 0 Å². The molecule has 0 aromatic heterocycles. The summed E-state index contributed by atoms with van der Waals surface area (Å²) in [6.45, 7) is 6.70. The second-order valence-corrected chi connectivity index (χ2v) is 5.51. The van der Waals surface area contributed by atoms with Gasteiger partial charge in [-0.15, -0.1) is 0 Å². The average molecular weight is 289 g/mol. The van der Waals surface area contributed by atoms with E-state index in [-0.39, 0.29) is 11.9 Å². The van der Waals surface area contributed by atoms with Gasteiger partial charge in [-0.25, -0.2) is 4.79 Å². The molecule has 0 saturated carbocycles. The van der Waals surface area contributed by atoms with Gasteiger partial charge in [0.2, 0.25) is 0 Å². The highest BCUT2D eigenvalue weighted by molar-refractivity contribution is 5.98. The molecule has 1 heterocycles. The highest BCUT2D eigenvalue weighted by Gasteiger charge is 2.34. The van der Waals surface area contributed by atoms with Crippen molar-refractivity contribution in [1.29, 1.82) is 0 Å². The molecule has 1 aromatic rings. The van der Waals surface area contributed by atoms with Crippen LogP contribution in [0.15, 0.2) is 18.2 Å². The lowest BCUT2D eigenvalue weighted by atomic mass is 9.98. The van der Waals surface area contributed by atoms with E-state index in [4.69, 9.17) is 4.74 Å². The monoisotopic (exact) mass is 289 g/mol. The number of piperidine rings is 1. The maximum absolute atomic E-state index is 12.8. The molecule has 1 aromatic carbocycles. The van der Waals surface area contributed by atoms with Crippen LogP contribution in [0.25, 0.3) is 0 Å². The van der Waals surface area contributed by atoms with E-state index < -0.39 is 6.04 Å². The molecule has 1 saturated heterocycles. The number of rotatable bonds is 3. The maximum atomic E-state index is 12.8. The van der Waals surface area contributed by atoms with Crippen LogP contribution in [0.2, 0.25) is 0 Å². The summed E-state index contributed by atoms with van der Waals surface area (Å²) in [5.74, 6) is -0.343. The molecule has 1 amide bonds. The van der Waals surface area contributed by atoms with Gasteiger partial charge in [0.15, 0.2) is 0 Å². The van der Waals surface area contributed by atoms with Crippen molar-refractivity contribution in [3.05, 3.63) is 34.9 Å². The minimum absolute atomic E-state index is 0.0612. The summed E-state index contributed by atoms with van der Waals surface area (Å²) in [6.07, 6.45) is 2.59. The first-order chi connectivity index (χ1) is 10.1. The first kappa shape index (κ1) is 15.5. The Hall–Kier alpha value is -1.84. The van der Waals surface area contributed by atoms with Crippen molar-refractivity contribution in [2.24, 2.45) is 0 Å². The molecule has 4 nitrogen and oxygen atoms in total. The van der Waals surface area contributed by atoms with Gasteiger partial charge >= 0.3 is 5.97 Å². The Labute approximate surface area is 126 Å². The van der Waals surface area contributed by atoms with E-state index in [9.17, 15) is 9.59 Å². The van der Waals surface area contributed by atoms with Gasteiger partial charge in [-0.1, -0.05) is 12.1 Å². The minimum atomic E-state index is -0.439. The molecule has 0 bridgehead atoms. The van der Waals surface area contributed by atoms with Crippen LogP contribution in [0, 0.1) is 13.8 Å². The SMILES string of the molecule is CCOC(=O)C1CCCCN1C(=O)c1cccc(C)c1C. The standard InChI is InChI=1S/C17H23NO3/c1-4-21-17(20)15-10-5-6-11-18(15)16(19)14-9-7-8-12(2)13(14)3/h7-9,15H,4-6,10-11H2,1-3H3. The maximum Gasteiger partial charge on any atom is 0.328 e. The molecule has 114 valence electrons. The number of ether oxygens (including phenoxy) is 1. The Morgan fingerprint density at radius 2 is 2.05 bits per heavy atom. The van der Waals surface area contributed by atoms with Crippen LogP contribution in [-0.2, 0) is 9.53 Å². The number of hydrogen-bond acceptors (Lipinski definition) is 3. The fourth-order valence-corrected chi connectivity index (χ4v) is 2.80. The molecule has 0 radical (unpaired) electrons. The van der Waals surface area contributed by atoms with E-state index in [1.165, 1.54) is 0 Å². The molecular formula is C17H23NO3. The van der Waals surface area contributed by atoms with Crippen LogP contribution in [0.1, 0.15) is 47.7 Å². The summed E-state index contributed by atoms with van der Waals surface area (Å²) < 4.78 is 5.12. The summed E-state index contributed by atoms with van der Waals surface area (Å²) in [5.41, 5.74) is 2.76. The molecule has 0 spiro atoms. The van der Waals surface area contributed by atoms with E-state index in [1.807, 2.05) is 32.0 Å². The summed E-state index contributed by atoms with van der Waals surface area (Å²) in [6, 6.07) is 5.28. The molecule has 1 fully saturated rings. The Morgan fingerprint density at radius 3 is 2.76 bits per heavy atom. The molecule has 0 N–H and O–H groups in total. The summed E-state index contributed by atoms with van der Waals surface area (Å²) in [7, 11) is 0. The third-order valence-electron chi connectivity index (χ3n) is 4.16. The highest BCUT2D eigenvalue weighted by atomic mass is 16.5. The predicted octanol–water partition coefficient (Wildman–Crippen LogP) is 2.86. The fourth-order valence-electron chi connectivity index (χ4n) is 2.80. The van der Waals surface area contributed by atoms with Crippen molar-refractivity contribution in [1.82, 2.24) is 4.90 Å². The quantitative estimate of drug-likeness (QED) is 0.804. The number of likely N-dealkylation sites (tertiary alicyclic amines) is 1. The van der Waals surface area contributed by atoms with Gasteiger partial charge in [-0.3, -0.25) is 4.79 Å². The molecular weight excluding hydrogens is 266 g/mol. The van der Waals surface area contributed by atoms with Crippen LogP contribution in [0.4, 0.5) is 0 Å². The molecule has 2 rings (SSSR count). The Bertz CT molecular complexity index is 539. The lowest BCUT2D eigenvalue weighted by molar-refractivity contribution is -0.149. The minimum Gasteiger partial charge on any atom is -0.464 e. The summed E-state index contributed by atoms with van der Waals surface area (Å²) in [4.78, 5) is 26.6. The largest absolute Gasteiger partial charge is 0.464 e. The average Bonchev–Trinajstić information content (AvgIpc) is 2.49. The Morgan fingerprint density at radius 1 is 1.29 bits per heavy atom. The van der Waals surface area contributed by atoms with E-state index in [0.717, 1.165) is 24.0 Å². The van der Waals surface area contributed by atoms with Crippen LogP contribution in [0.3, 0.4) is 0 Å². The van der Waals surface area contributed by atoms with Gasteiger partial charge in [0.1, 0.15) is 6.04 Å². The number of esters is 1. The molecule has 0 aliphatic carbocycles. The van der Waals surface area contributed by atoms with Crippen molar-refractivity contribution < 1.29 is 14.3 Å². The van der Waals surface area contributed by atoms with E-state index >= 15 is 0 Å². The smallest absolute Gasteiger partial charge is 0.328 e. The number of benzene rings is 1. The third-order valence-corrected chi connectivity index (χ3v) is 4.16. The highest BCUT2D eigenvalue weighted by Crippen LogP contribution is 2.23. The van der Waals surface area contributed by atoms with Gasteiger partial charge in [-0.05, 0) is 57.2 Å². The molecule has 1 aliphatic heterocycles. The number of hydrogen-bond donors (Lipinski definition) is 0. The normalized spacial score (nSPS) is 18.4. The molecule has 1 atom stereocenters. The van der Waals surface area contributed by atoms with Crippen molar-refractivity contribution in [2.45, 2.75) is 46.1 Å². The van der Waals surface area contributed by atoms with Crippen molar-refractivity contribution in [3.63, 3.8) is 0 Å². The van der Waals surface area contributed by atoms with Crippen LogP contribution in [-0.4, -0.2) is 36.0 Å². The topological polar surface area (TPSA) is 46.6 Å². The number of amides is 1. The lowest BCUT2D eigenvalue weighted by Gasteiger charge is -2.34. The zero-order chi connectivity index (χ0) is 15.4.